The highest BCUT2D eigenvalue weighted by atomic mass is 32.1. The van der Waals surface area contributed by atoms with Crippen LogP contribution in [-0.2, 0) is 16.0 Å². The molecule has 160 valence electrons. The summed E-state index contributed by atoms with van der Waals surface area (Å²) in [7, 11) is 2.10. The Morgan fingerprint density at radius 3 is 2.83 bits per heavy atom. The molecule has 30 heavy (non-hydrogen) atoms. The minimum absolute atomic E-state index is 0.0715. The number of thiazole rings is 1. The fraction of sp³-hybridized carbons (Fsp3) is 0.500. The van der Waals surface area contributed by atoms with Gasteiger partial charge in [0.05, 0.1) is 11.6 Å². The molecule has 1 saturated heterocycles. The van der Waals surface area contributed by atoms with Crippen LogP contribution in [0.4, 0.5) is 5.13 Å². The molecule has 1 atom stereocenters. The second-order valence-electron chi connectivity index (χ2n) is 7.90. The zero-order chi connectivity index (χ0) is 20.9. The number of ether oxygens (including phenoxy) is 1. The minimum atomic E-state index is -0.247. The number of aryl methyl sites for hydroxylation is 1. The maximum atomic E-state index is 13.2. The molecule has 7 nitrogen and oxygen atoms in total. The monoisotopic (exact) mass is 428 g/mol. The van der Waals surface area contributed by atoms with E-state index in [2.05, 4.69) is 22.2 Å². The lowest BCUT2D eigenvalue weighted by Gasteiger charge is -2.27. The molecule has 0 spiro atoms. The van der Waals surface area contributed by atoms with Crippen LogP contribution in [-0.4, -0.2) is 66.4 Å². The number of aromatic nitrogens is 1. The molecule has 0 radical (unpaired) electrons. The fourth-order valence-corrected chi connectivity index (χ4v) is 5.10. The lowest BCUT2D eigenvalue weighted by Crippen LogP contribution is -2.38. The molecule has 1 unspecified atom stereocenters. The first-order valence-electron chi connectivity index (χ1n) is 10.5. The summed E-state index contributed by atoms with van der Waals surface area (Å²) in [6.07, 6.45) is 3.72. The lowest BCUT2D eigenvalue weighted by atomic mass is 9.90. The summed E-state index contributed by atoms with van der Waals surface area (Å²) in [6, 6.07) is 9.25. The van der Waals surface area contributed by atoms with Crippen molar-refractivity contribution in [2.45, 2.75) is 31.6 Å². The molecular formula is C22H28N4O3S. The standard InChI is InChI=1S/C22H28N4O3S/c1-25-11-6-12-26(14-13-25)21(28)17-9-5-10-18-20(17)24-22(30-18)23-19(27)15-29-16-7-3-2-4-8-16/h2-4,7-8,17H,5-6,9-15H2,1H3,(H,23,24,27). The van der Waals surface area contributed by atoms with E-state index < -0.39 is 0 Å². The Hall–Kier alpha value is -2.45. The number of anilines is 1. The zero-order valence-corrected chi connectivity index (χ0v) is 18.1. The molecule has 1 aromatic heterocycles. The number of nitrogens with one attached hydrogen (secondary N) is 1. The van der Waals surface area contributed by atoms with Crippen molar-refractivity contribution in [3.63, 3.8) is 0 Å². The molecule has 1 aliphatic heterocycles. The molecular weight excluding hydrogens is 400 g/mol. The number of likely N-dealkylation sites (N-methyl/N-ethyl adjacent to an activating group) is 1. The van der Waals surface area contributed by atoms with Gasteiger partial charge in [0.25, 0.3) is 5.91 Å². The Morgan fingerprint density at radius 1 is 1.17 bits per heavy atom. The van der Waals surface area contributed by atoms with Crippen LogP contribution in [0.3, 0.4) is 0 Å². The van der Waals surface area contributed by atoms with E-state index in [1.807, 2.05) is 35.2 Å². The van der Waals surface area contributed by atoms with Crippen molar-refractivity contribution in [1.82, 2.24) is 14.8 Å². The number of amides is 2. The molecule has 1 N–H and O–H groups in total. The third-order valence-corrected chi connectivity index (χ3v) is 6.69. The zero-order valence-electron chi connectivity index (χ0n) is 17.3. The molecule has 1 fully saturated rings. The second-order valence-corrected chi connectivity index (χ2v) is 8.99. The van der Waals surface area contributed by atoms with Gasteiger partial charge >= 0.3 is 0 Å². The summed E-state index contributed by atoms with van der Waals surface area (Å²) in [5.74, 6) is 0.393. The number of nitrogens with zero attached hydrogens (tertiary/aromatic N) is 3. The van der Waals surface area contributed by atoms with Crippen molar-refractivity contribution in [2.24, 2.45) is 0 Å². The first-order chi connectivity index (χ1) is 14.6. The van der Waals surface area contributed by atoms with E-state index >= 15 is 0 Å². The predicted molar refractivity (Wildman–Crippen MR) is 117 cm³/mol. The number of fused-ring (bicyclic) bond motifs is 1. The van der Waals surface area contributed by atoms with Crippen molar-refractivity contribution in [1.29, 1.82) is 0 Å². The molecule has 2 amide bonds. The van der Waals surface area contributed by atoms with Gasteiger partial charge in [-0.3, -0.25) is 14.9 Å². The molecule has 0 saturated carbocycles. The van der Waals surface area contributed by atoms with Crippen LogP contribution in [0, 0.1) is 0 Å². The quantitative estimate of drug-likeness (QED) is 0.793. The van der Waals surface area contributed by atoms with Crippen LogP contribution in [0.25, 0.3) is 0 Å². The van der Waals surface area contributed by atoms with E-state index in [-0.39, 0.29) is 24.3 Å². The molecule has 4 rings (SSSR count). The largest absolute Gasteiger partial charge is 0.484 e. The van der Waals surface area contributed by atoms with Gasteiger partial charge in [0.15, 0.2) is 11.7 Å². The lowest BCUT2D eigenvalue weighted by molar-refractivity contribution is -0.133. The summed E-state index contributed by atoms with van der Waals surface area (Å²) in [6.45, 7) is 3.44. The summed E-state index contributed by atoms with van der Waals surface area (Å²) >= 11 is 1.48. The van der Waals surface area contributed by atoms with Gasteiger partial charge in [-0.25, -0.2) is 4.98 Å². The molecule has 8 heteroatoms. The Kier molecular flexibility index (Phi) is 6.64. The molecule has 2 aliphatic rings. The normalized spacial score (nSPS) is 19.6. The van der Waals surface area contributed by atoms with Crippen LogP contribution < -0.4 is 10.1 Å². The fourth-order valence-electron chi connectivity index (χ4n) is 4.02. The topological polar surface area (TPSA) is 74.8 Å². The maximum Gasteiger partial charge on any atom is 0.264 e. The Bertz CT molecular complexity index is 886. The van der Waals surface area contributed by atoms with E-state index in [0.717, 1.165) is 62.4 Å². The van der Waals surface area contributed by atoms with E-state index in [1.165, 1.54) is 11.3 Å². The number of rotatable bonds is 5. The van der Waals surface area contributed by atoms with E-state index in [4.69, 9.17) is 4.74 Å². The van der Waals surface area contributed by atoms with Gasteiger partial charge in [0.2, 0.25) is 5.91 Å². The highest BCUT2D eigenvalue weighted by Crippen LogP contribution is 2.37. The first-order valence-corrected chi connectivity index (χ1v) is 11.4. The van der Waals surface area contributed by atoms with Crippen molar-refractivity contribution in [3.05, 3.63) is 40.9 Å². The number of hydrogen-bond acceptors (Lipinski definition) is 6. The van der Waals surface area contributed by atoms with Crippen LogP contribution in [0.1, 0.15) is 35.8 Å². The highest BCUT2D eigenvalue weighted by molar-refractivity contribution is 7.15. The van der Waals surface area contributed by atoms with Gasteiger partial charge in [0.1, 0.15) is 5.75 Å². The summed E-state index contributed by atoms with van der Waals surface area (Å²) in [4.78, 5) is 35.5. The Morgan fingerprint density at radius 2 is 2.00 bits per heavy atom. The van der Waals surface area contributed by atoms with Gasteiger partial charge in [-0.05, 0) is 51.4 Å². The van der Waals surface area contributed by atoms with Gasteiger partial charge in [0, 0.05) is 24.5 Å². The minimum Gasteiger partial charge on any atom is -0.484 e. The average molecular weight is 429 g/mol. The summed E-state index contributed by atoms with van der Waals surface area (Å²) < 4.78 is 5.50. The van der Waals surface area contributed by atoms with Crippen molar-refractivity contribution in [2.75, 3.05) is 45.2 Å². The van der Waals surface area contributed by atoms with Gasteiger partial charge in [-0.2, -0.15) is 0 Å². The average Bonchev–Trinajstić information content (AvgIpc) is 3.04. The molecule has 2 heterocycles. The maximum absolute atomic E-state index is 13.2. The van der Waals surface area contributed by atoms with Gasteiger partial charge in [-0.1, -0.05) is 18.2 Å². The Labute approximate surface area is 181 Å². The molecule has 1 aromatic carbocycles. The van der Waals surface area contributed by atoms with Crippen LogP contribution in [0.5, 0.6) is 5.75 Å². The third-order valence-electron chi connectivity index (χ3n) is 5.64. The number of benzene rings is 1. The van der Waals surface area contributed by atoms with Gasteiger partial charge in [-0.15, -0.1) is 11.3 Å². The van der Waals surface area contributed by atoms with Crippen molar-refractivity contribution < 1.29 is 14.3 Å². The van der Waals surface area contributed by atoms with Crippen LogP contribution in [0.2, 0.25) is 0 Å². The van der Waals surface area contributed by atoms with Crippen molar-refractivity contribution >= 4 is 28.3 Å². The number of carbonyl (C=O) groups is 2. The van der Waals surface area contributed by atoms with Crippen LogP contribution >= 0.6 is 11.3 Å². The number of para-hydroxylation sites is 1. The smallest absolute Gasteiger partial charge is 0.264 e. The first kappa shape index (κ1) is 20.8. The summed E-state index contributed by atoms with van der Waals surface area (Å²) in [5.41, 5.74) is 0.855. The number of hydrogen-bond donors (Lipinski definition) is 1. The third kappa shape index (κ3) is 4.99. The van der Waals surface area contributed by atoms with Gasteiger partial charge < -0.3 is 14.5 Å². The van der Waals surface area contributed by atoms with Crippen LogP contribution in [0.15, 0.2) is 30.3 Å². The summed E-state index contributed by atoms with van der Waals surface area (Å²) in [5, 5.41) is 3.39. The van der Waals surface area contributed by atoms with E-state index in [1.54, 1.807) is 0 Å². The number of carbonyl (C=O) groups excluding carboxylic acids is 2. The highest BCUT2D eigenvalue weighted by Gasteiger charge is 2.33. The molecule has 0 bridgehead atoms. The van der Waals surface area contributed by atoms with E-state index in [9.17, 15) is 9.59 Å². The predicted octanol–water partition coefficient (Wildman–Crippen LogP) is 2.74. The second kappa shape index (κ2) is 9.57. The molecule has 1 aliphatic carbocycles. The Balaban J connectivity index is 1.39. The SMILES string of the molecule is CN1CCCN(C(=O)C2CCCc3sc(NC(=O)COc4ccccc4)nc32)CC1. The van der Waals surface area contributed by atoms with E-state index in [0.29, 0.717) is 10.9 Å². The van der Waals surface area contributed by atoms with Crippen molar-refractivity contribution in [3.8, 4) is 5.75 Å². The molecule has 2 aromatic rings.